The largest absolute Gasteiger partial charge is 0.341 e. The highest BCUT2D eigenvalue weighted by Crippen LogP contribution is 2.20. The highest BCUT2D eigenvalue weighted by atomic mass is 15.0. The van der Waals surface area contributed by atoms with Crippen LogP contribution in [0.2, 0.25) is 0 Å². The minimum atomic E-state index is 0.661. The van der Waals surface area contributed by atoms with Crippen LogP contribution in [-0.4, -0.2) is 16.5 Å². The summed E-state index contributed by atoms with van der Waals surface area (Å²) in [5.41, 5.74) is 4.86. The maximum absolute atomic E-state index is 4.43. The van der Waals surface area contributed by atoms with Gasteiger partial charge in [0.25, 0.3) is 0 Å². The van der Waals surface area contributed by atoms with Gasteiger partial charge in [-0.15, -0.1) is 0 Å². The molecule has 3 nitrogen and oxygen atoms in total. The topological polar surface area (TPSA) is 40.7 Å². The van der Waals surface area contributed by atoms with Crippen LogP contribution in [-0.2, 0) is 6.54 Å². The van der Waals surface area contributed by atoms with E-state index in [1.54, 1.807) is 0 Å². The third-order valence-corrected chi connectivity index (χ3v) is 3.01. The van der Waals surface area contributed by atoms with Crippen LogP contribution in [0.4, 0.5) is 0 Å². The maximum Gasteiger partial charge on any atom is 0.120 e. The number of hydrogen-bond acceptors (Lipinski definition) is 2. The summed E-state index contributed by atoms with van der Waals surface area (Å²) in [5, 5.41) is 3.39. The molecule has 1 aromatic heterocycles. The van der Waals surface area contributed by atoms with Crippen LogP contribution in [0.25, 0.3) is 11.3 Å². The molecule has 0 aliphatic heterocycles. The van der Waals surface area contributed by atoms with E-state index in [0.29, 0.717) is 5.92 Å². The lowest BCUT2D eigenvalue weighted by Gasteiger charge is -2.05. The van der Waals surface area contributed by atoms with Crippen LogP contribution >= 0.6 is 0 Å². The molecule has 0 bridgehead atoms. The van der Waals surface area contributed by atoms with Crippen molar-refractivity contribution in [2.24, 2.45) is 5.92 Å². The van der Waals surface area contributed by atoms with E-state index < -0.39 is 0 Å². The lowest BCUT2D eigenvalue weighted by molar-refractivity contribution is 0.545. The number of aromatic amines is 1. The van der Waals surface area contributed by atoms with Crippen molar-refractivity contribution in [3.8, 4) is 11.3 Å². The quantitative estimate of drug-likeness (QED) is 0.861. The van der Waals surface area contributed by atoms with Gasteiger partial charge in [-0.1, -0.05) is 31.0 Å². The summed E-state index contributed by atoms with van der Waals surface area (Å²) in [6.45, 7) is 10.5. The summed E-state index contributed by atoms with van der Waals surface area (Å²) in [4.78, 5) is 7.81. The number of benzene rings is 1. The number of rotatable bonds is 5. The number of nitrogens with one attached hydrogen (secondary N) is 2. The molecule has 0 aliphatic rings. The second-order valence-electron chi connectivity index (χ2n) is 5.64. The van der Waals surface area contributed by atoms with E-state index in [1.807, 2.05) is 6.20 Å². The fourth-order valence-corrected chi connectivity index (χ4v) is 2.21. The zero-order valence-electron chi connectivity index (χ0n) is 12.2. The Balaban J connectivity index is 2.07. The molecule has 19 heavy (non-hydrogen) atoms. The Hall–Kier alpha value is -1.61. The zero-order valence-corrected chi connectivity index (χ0v) is 12.2. The summed E-state index contributed by atoms with van der Waals surface area (Å²) in [6.07, 6.45) is 1.92. The zero-order chi connectivity index (χ0) is 13.8. The van der Waals surface area contributed by atoms with Crippen molar-refractivity contribution >= 4 is 0 Å². The molecule has 0 aliphatic carbocycles. The van der Waals surface area contributed by atoms with Crippen LogP contribution in [0.3, 0.4) is 0 Å². The molecule has 0 unspecified atom stereocenters. The molecule has 0 spiro atoms. The maximum atomic E-state index is 4.43. The van der Waals surface area contributed by atoms with Gasteiger partial charge in [0.2, 0.25) is 0 Å². The van der Waals surface area contributed by atoms with Gasteiger partial charge in [-0.2, -0.15) is 0 Å². The molecule has 0 fully saturated rings. The molecule has 102 valence electrons. The fraction of sp³-hybridized carbons (Fsp3) is 0.438. The lowest BCUT2D eigenvalue weighted by Crippen LogP contribution is -2.19. The number of aromatic nitrogens is 2. The average molecular weight is 257 g/mol. The number of nitrogens with zero attached hydrogens (tertiary/aromatic N) is 1. The number of H-pyrrole nitrogens is 1. The third-order valence-electron chi connectivity index (χ3n) is 3.01. The normalized spacial score (nSPS) is 11.2. The second-order valence-corrected chi connectivity index (χ2v) is 5.64. The van der Waals surface area contributed by atoms with E-state index in [1.165, 1.54) is 16.7 Å². The Labute approximate surface area is 115 Å². The second kappa shape index (κ2) is 6.02. The third kappa shape index (κ3) is 3.93. The molecule has 2 aromatic rings. The minimum absolute atomic E-state index is 0.661. The van der Waals surface area contributed by atoms with Crippen LogP contribution in [0.15, 0.2) is 24.4 Å². The van der Waals surface area contributed by atoms with E-state index in [4.69, 9.17) is 0 Å². The molecule has 2 N–H and O–H groups in total. The van der Waals surface area contributed by atoms with Crippen LogP contribution in [0.5, 0.6) is 0 Å². The Bertz CT molecular complexity index is 520. The van der Waals surface area contributed by atoms with E-state index in [0.717, 1.165) is 24.6 Å². The van der Waals surface area contributed by atoms with Gasteiger partial charge in [-0.25, -0.2) is 4.98 Å². The van der Waals surface area contributed by atoms with Crippen molar-refractivity contribution in [2.45, 2.75) is 34.2 Å². The van der Waals surface area contributed by atoms with Crippen LogP contribution in [0, 0.1) is 19.8 Å². The monoisotopic (exact) mass is 257 g/mol. The molecular weight excluding hydrogens is 234 g/mol. The molecular formula is C16H23N3. The SMILES string of the molecule is Cc1cc(C)cc(-c2cnc(CNCC(C)C)[nH]2)c1. The van der Waals surface area contributed by atoms with E-state index in [9.17, 15) is 0 Å². The average Bonchev–Trinajstić information content (AvgIpc) is 2.76. The first-order chi connectivity index (χ1) is 9.04. The van der Waals surface area contributed by atoms with Crippen LogP contribution in [0.1, 0.15) is 30.8 Å². The van der Waals surface area contributed by atoms with E-state index in [2.05, 4.69) is 61.2 Å². The summed E-state index contributed by atoms with van der Waals surface area (Å²) in [6, 6.07) is 6.56. The molecule has 3 heteroatoms. The fourth-order valence-electron chi connectivity index (χ4n) is 2.21. The Morgan fingerprint density at radius 1 is 1.16 bits per heavy atom. The molecule has 2 rings (SSSR count). The number of aryl methyl sites for hydroxylation is 2. The molecule has 1 aromatic carbocycles. The van der Waals surface area contributed by atoms with Crippen molar-refractivity contribution in [2.75, 3.05) is 6.54 Å². The van der Waals surface area contributed by atoms with Gasteiger partial charge in [0.15, 0.2) is 0 Å². The van der Waals surface area contributed by atoms with Crippen molar-refractivity contribution < 1.29 is 0 Å². The lowest BCUT2D eigenvalue weighted by atomic mass is 10.1. The first kappa shape index (κ1) is 13.8. The summed E-state index contributed by atoms with van der Waals surface area (Å²) in [5.74, 6) is 1.66. The van der Waals surface area contributed by atoms with Gasteiger partial charge in [0.1, 0.15) is 5.82 Å². The highest BCUT2D eigenvalue weighted by Gasteiger charge is 2.04. The van der Waals surface area contributed by atoms with E-state index in [-0.39, 0.29) is 0 Å². The molecule has 1 heterocycles. The van der Waals surface area contributed by atoms with Crippen molar-refractivity contribution in [1.82, 2.24) is 15.3 Å². The first-order valence-corrected chi connectivity index (χ1v) is 6.88. The Kier molecular flexibility index (Phi) is 4.38. The molecule has 0 amide bonds. The molecule has 0 saturated heterocycles. The number of hydrogen-bond donors (Lipinski definition) is 2. The van der Waals surface area contributed by atoms with Crippen molar-refractivity contribution in [1.29, 1.82) is 0 Å². The predicted molar refractivity (Wildman–Crippen MR) is 80.0 cm³/mol. The predicted octanol–water partition coefficient (Wildman–Crippen LogP) is 3.44. The van der Waals surface area contributed by atoms with Crippen molar-refractivity contribution in [3.05, 3.63) is 41.3 Å². The van der Waals surface area contributed by atoms with Gasteiger partial charge in [-0.3, -0.25) is 0 Å². The van der Waals surface area contributed by atoms with E-state index >= 15 is 0 Å². The standard InChI is InChI=1S/C16H23N3/c1-11(2)8-17-10-16-18-9-15(19-16)14-6-12(3)5-13(4)7-14/h5-7,9,11,17H,8,10H2,1-4H3,(H,18,19). The summed E-state index contributed by atoms with van der Waals surface area (Å²) in [7, 11) is 0. The first-order valence-electron chi connectivity index (χ1n) is 6.88. The summed E-state index contributed by atoms with van der Waals surface area (Å²) >= 11 is 0. The Morgan fingerprint density at radius 3 is 2.47 bits per heavy atom. The van der Waals surface area contributed by atoms with Gasteiger partial charge < -0.3 is 10.3 Å². The Morgan fingerprint density at radius 2 is 1.84 bits per heavy atom. The highest BCUT2D eigenvalue weighted by molar-refractivity contribution is 5.60. The molecule has 0 atom stereocenters. The van der Waals surface area contributed by atoms with Gasteiger partial charge in [0, 0.05) is 5.56 Å². The molecule has 0 radical (unpaired) electrons. The smallest absolute Gasteiger partial charge is 0.120 e. The van der Waals surface area contributed by atoms with Gasteiger partial charge in [-0.05, 0) is 38.4 Å². The van der Waals surface area contributed by atoms with Gasteiger partial charge in [0.05, 0.1) is 18.4 Å². The molecule has 0 saturated carbocycles. The van der Waals surface area contributed by atoms with Gasteiger partial charge >= 0.3 is 0 Å². The minimum Gasteiger partial charge on any atom is -0.341 e. The van der Waals surface area contributed by atoms with Crippen molar-refractivity contribution in [3.63, 3.8) is 0 Å². The summed E-state index contributed by atoms with van der Waals surface area (Å²) < 4.78 is 0. The number of imidazole rings is 1. The van der Waals surface area contributed by atoms with Crippen LogP contribution < -0.4 is 5.32 Å².